The lowest BCUT2D eigenvalue weighted by Gasteiger charge is -2.25. The molecule has 0 radical (unpaired) electrons. The molecule has 2 N–H and O–H groups in total. The number of benzene rings is 1. The van der Waals surface area contributed by atoms with E-state index in [1.54, 1.807) is 12.1 Å². The average molecular weight is 273 g/mol. The quantitative estimate of drug-likeness (QED) is 0.868. The molecular weight excluding hydrogens is 259 g/mol. The number of halogens is 3. The second-order valence-corrected chi connectivity index (χ2v) is 4.36. The molecular formula is C12H14F3N3O. The summed E-state index contributed by atoms with van der Waals surface area (Å²) in [5.74, 6) is -0.648. The molecule has 1 heterocycles. The van der Waals surface area contributed by atoms with E-state index in [2.05, 4.69) is 10.6 Å². The van der Waals surface area contributed by atoms with Crippen molar-refractivity contribution >= 4 is 17.3 Å². The number of amides is 1. The lowest BCUT2D eigenvalue weighted by Crippen LogP contribution is -2.36. The fraction of sp³-hybridized carbons (Fsp3) is 0.417. The molecule has 19 heavy (non-hydrogen) atoms. The van der Waals surface area contributed by atoms with Gasteiger partial charge in [0.1, 0.15) is 6.54 Å². The van der Waals surface area contributed by atoms with Crippen LogP contribution in [0.2, 0.25) is 0 Å². The van der Waals surface area contributed by atoms with Crippen LogP contribution in [0.3, 0.4) is 0 Å². The molecule has 4 nitrogen and oxygen atoms in total. The van der Waals surface area contributed by atoms with Crippen LogP contribution in [0, 0.1) is 0 Å². The molecule has 0 saturated carbocycles. The Kier molecular flexibility index (Phi) is 3.55. The van der Waals surface area contributed by atoms with E-state index in [9.17, 15) is 18.0 Å². The fourth-order valence-corrected chi connectivity index (χ4v) is 2.00. The molecule has 0 atom stereocenters. The first-order chi connectivity index (χ1) is 8.88. The summed E-state index contributed by atoms with van der Waals surface area (Å²) in [6.45, 7) is 0.0756. The predicted octanol–water partition coefficient (Wildman–Crippen LogP) is 2.16. The standard InChI is InChI=1S/C12H14F3N3O/c1-18(7-12(13,14)15)11(19)8-3-2-4-9-10(8)17-6-5-16-9/h2-4,16-17H,5-7H2,1H3. The molecule has 0 saturated heterocycles. The van der Waals surface area contributed by atoms with Crippen molar-refractivity contribution in [2.75, 3.05) is 37.3 Å². The van der Waals surface area contributed by atoms with E-state index in [1.807, 2.05) is 0 Å². The molecule has 0 spiro atoms. The highest BCUT2D eigenvalue weighted by atomic mass is 19.4. The number of carbonyl (C=O) groups is 1. The summed E-state index contributed by atoms with van der Waals surface area (Å²) in [6, 6.07) is 4.95. The first kappa shape index (κ1) is 13.5. The Balaban J connectivity index is 2.24. The molecule has 1 aliphatic rings. The van der Waals surface area contributed by atoms with Crippen LogP contribution in [0.25, 0.3) is 0 Å². The Labute approximate surface area is 108 Å². The van der Waals surface area contributed by atoms with Crippen molar-refractivity contribution in [1.29, 1.82) is 0 Å². The van der Waals surface area contributed by atoms with Crippen LogP contribution in [0.15, 0.2) is 18.2 Å². The predicted molar refractivity (Wildman–Crippen MR) is 66.4 cm³/mol. The van der Waals surface area contributed by atoms with Crippen molar-refractivity contribution in [1.82, 2.24) is 4.90 Å². The largest absolute Gasteiger partial charge is 0.406 e. The van der Waals surface area contributed by atoms with E-state index in [0.29, 0.717) is 23.7 Å². The highest BCUT2D eigenvalue weighted by molar-refractivity contribution is 6.02. The molecule has 1 aromatic rings. The molecule has 0 aromatic heterocycles. The summed E-state index contributed by atoms with van der Waals surface area (Å²) in [5, 5.41) is 6.13. The van der Waals surface area contributed by atoms with Gasteiger partial charge in [0, 0.05) is 20.1 Å². The maximum Gasteiger partial charge on any atom is 0.406 e. The number of fused-ring (bicyclic) bond motifs is 1. The number of hydrogen-bond donors (Lipinski definition) is 2. The Morgan fingerprint density at radius 2 is 2.00 bits per heavy atom. The molecule has 1 aromatic carbocycles. The van der Waals surface area contributed by atoms with Gasteiger partial charge in [-0.3, -0.25) is 4.79 Å². The van der Waals surface area contributed by atoms with Gasteiger partial charge in [0.05, 0.1) is 16.9 Å². The van der Waals surface area contributed by atoms with Crippen LogP contribution in [0.5, 0.6) is 0 Å². The third kappa shape index (κ3) is 3.10. The van der Waals surface area contributed by atoms with Crippen molar-refractivity contribution in [3.05, 3.63) is 23.8 Å². The number of carbonyl (C=O) groups excluding carboxylic acids is 1. The monoisotopic (exact) mass is 273 g/mol. The third-order valence-electron chi connectivity index (χ3n) is 2.80. The van der Waals surface area contributed by atoms with Gasteiger partial charge in [-0.2, -0.15) is 13.2 Å². The maximum absolute atomic E-state index is 12.3. The highest BCUT2D eigenvalue weighted by Gasteiger charge is 2.32. The number of anilines is 2. The van der Waals surface area contributed by atoms with Gasteiger partial charge >= 0.3 is 6.18 Å². The number of nitrogens with one attached hydrogen (secondary N) is 2. The Morgan fingerprint density at radius 3 is 2.68 bits per heavy atom. The summed E-state index contributed by atoms with van der Waals surface area (Å²) in [6.07, 6.45) is -4.40. The highest BCUT2D eigenvalue weighted by Crippen LogP contribution is 2.29. The van der Waals surface area contributed by atoms with Crippen LogP contribution in [-0.2, 0) is 0 Å². The number of hydrogen-bond acceptors (Lipinski definition) is 3. The van der Waals surface area contributed by atoms with Crippen LogP contribution in [0.1, 0.15) is 10.4 Å². The smallest absolute Gasteiger partial charge is 0.382 e. The lowest BCUT2D eigenvalue weighted by atomic mass is 10.1. The molecule has 104 valence electrons. The van der Waals surface area contributed by atoms with Gasteiger partial charge in [0.2, 0.25) is 0 Å². The van der Waals surface area contributed by atoms with Gasteiger partial charge in [-0.25, -0.2) is 0 Å². The van der Waals surface area contributed by atoms with Crippen molar-refractivity contribution in [3.63, 3.8) is 0 Å². The SMILES string of the molecule is CN(CC(F)(F)F)C(=O)c1cccc2c1NCCN2. The summed E-state index contributed by atoms with van der Waals surface area (Å²) in [5.41, 5.74) is 1.54. The molecule has 7 heteroatoms. The first-order valence-electron chi connectivity index (χ1n) is 5.81. The van der Waals surface area contributed by atoms with E-state index in [1.165, 1.54) is 6.07 Å². The average Bonchev–Trinajstić information content (AvgIpc) is 2.35. The van der Waals surface area contributed by atoms with Crippen molar-refractivity contribution < 1.29 is 18.0 Å². The topological polar surface area (TPSA) is 44.4 Å². The Morgan fingerprint density at radius 1 is 1.32 bits per heavy atom. The van der Waals surface area contributed by atoms with Crippen molar-refractivity contribution in [3.8, 4) is 0 Å². The molecule has 1 aliphatic heterocycles. The van der Waals surface area contributed by atoms with Gasteiger partial charge in [-0.05, 0) is 12.1 Å². The van der Waals surface area contributed by atoms with E-state index in [4.69, 9.17) is 0 Å². The second kappa shape index (κ2) is 4.99. The fourth-order valence-electron chi connectivity index (χ4n) is 2.00. The van der Waals surface area contributed by atoms with Gasteiger partial charge in [0.15, 0.2) is 0 Å². The van der Waals surface area contributed by atoms with Crippen molar-refractivity contribution in [2.24, 2.45) is 0 Å². The molecule has 2 rings (SSSR count). The number of alkyl halides is 3. The van der Waals surface area contributed by atoms with Crippen LogP contribution < -0.4 is 10.6 Å². The number of para-hydroxylation sites is 1. The lowest BCUT2D eigenvalue weighted by molar-refractivity contribution is -0.138. The minimum absolute atomic E-state index is 0.247. The van der Waals surface area contributed by atoms with Gasteiger partial charge in [-0.1, -0.05) is 6.07 Å². The van der Waals surface area contributed by atoms with Crippen LogP contribution >= 0.6 is 0 Å². The zero-order valence-electron chi connectivity index (χ0n) is 10.3. The normalized spacial score (nSPS) is 14.1. The van der Waals surface area contributed by atoms with Crippen LogP contribution in [-0.4, -0.2) is 43.7 Å². The van der Waals surface area contributed by atoms with Crippen LogP contribution in [0.4, 0.5) is 24.5 Å². The summed E-state index contributed by atoms with van der Waals surface area (Å²) in [4.78, 5) is 12.7. The van der Waals surface area contributed by atoms with Gasteiger partial charge < -0.3 is 15.5 Å². The maximum atomic E-state index is 12.3. The molecule has 0 bridgehead atoms. The summed E-state index contributed by atoms with van der Waals surface area (Å²) in [7, 11) is 1.14. The summed E-state index contributed by atoms with van der Waals surface area (Å²) >= 11 is 0. The minimum Gasteiger partial charge on any atom is -0.382 e. The Bertz CT molecular complexity index is 488. The van der Waals surface area contributed by atoms with E-state index >= 15 is 0 Å². The zero-order valence-corrected chi connectivity index (χ0v) is 10.3. The van der Waals surface area contributed by atoms with E-state index < -0.39 is 18.6 Å². The second-order valence-electron chi connectivity index (χ2n) is 4.36. The number of nitrogens with zero attached hydrogens (tertiary/aromatic N) is 1. The van der Waals surface area contributed by atoms with Gasteiger partial charge in [0.25, 0.3) is 5.91 Å². The number of rotatable bonds is 2. The Hall–Kier alpha value is -1.92. The third-order valence-corrected chi connectivity index (χ3v) is 2.80. The van der Waals surface area contributed by atoms with Crippen molar-refractivity contribution in [2.45, 2.75) is 6.18 Å². The van der Waals surface area contributed by atoms with E-state index in [-0.39, 0.29) is 5.56 Å². The molecule has 0 fully saturated rings. The minimum atomic E-state index is -4.40. The molecule has 0 aliphatic carbocycles. The zero-order chi connectivity index (χ0) is 14.0. The van der Waals surface area contributed by atoms with E-state index in [0.717, 1.165) is 12.7 Å². The first-order valence-corrected chi connectivity index (χ1v) is 5.81. The summed E-state index contributed by atoms with van der Waals surface area (Å²) < 4.78 is 36.9. The molecule has 1 amide bonds. The molecule has 0 unspecified atom stereocenters. The van der Waals surface area contributed by atoms with Gasteiger partial charge in [-0.15, -0.1) is 0 Å².